The van der Waals surface area contributed by atoms with Gasteiger partial charge >= 0.3 is 12.1 Å². The Balaban J connectivity index is 2.66. The van der Waals surface area contributed by atoms with Crippen LogP contribution < -0.4 is 0 Å². The number of carbonyl (C=O) groups excluding carboxylic acids is 1. The third-order valence-corrected chi connectivity index (χ3v) is 3.03. The number of Topliss-reactive ketones (excluding diaryl/α,β-unsaturated/α-hetero) is 1. The van der Waals surface area contributed by atoms with Gasteiger partial charge in [-0.25, -0.2) is 0 Å². The van der Waals surface area contributed by atoms with Gasteiger partial charge in [0.05, 0.1) is 0 Å². The van der Waals surface area contributed by atoms with Crippen molar-refractivity contribution in [3.05, 3.63) is 47.5 Å². The standard InChI is InChI=1S/C14H9F5O/c1-8-6-7-11(10-5-3-2-4-9(8)10)12(20)13(15,16)14(17,18)19/h2-7H,1H3. The minimum absolute atomic E-state index is 0.0847. The van der Waals surface area contributed by atoms with Crippen LogP contribution in [0.15, 0.2) is 36.4 Å². The molecule has 6 heteroatoms. The summed E-state index contributed by atoms with van der Waals surface area (Å²) in [6, 6.07) is 8.35. The lowest BCUT2D eigenvalue weighted by molar-refractivity contribution is -0.255. The van der Waals surface area contributed by atoms with Crippen LogP contribution in [0.25, 0.3) is 10.8 Å². The van der Waals surface area contributed by atoms with Crippen LogP contribution in [0.5, 0.6) is 0 Å². The summed E-state index contributed by atoms with van der Waals surface area (Å²) in [7, 11) is 0. The van der Waals surface area contributed by atoms with E-state index in [4.69, 9.17) is 0 Å². The molecule has 0 saturated carbocycles. The molecule has 0 amide bonds. The summed E-state index contributed by atoms with van der Waals surface area (Å²) in [4.78, 5) is 11.6. The van der Waals surface area contributed by atoms with Crippen molar-refractivity contribution in [2.24, 2.45) is 0 Å². The highest BCUT2D eigenvalue weighted by Gasteiger charge is 2.63. The molecule has 1 nitrogen and oxygen atoms in total. The van der Waals surface area contributed by atoms with Crippen LogP contribution in [0, 0.1) is 6.92 Å². The monoisotopic (exact) mass is 288 g/mol. The van der Waals surface area contributed by atoms with Crippen molar-refractivity contribution in [3.8, 4) is 0 Å². The topological polar surface area (TPSA) is 17.1 Å². The number of alkyl halides is 5. The van der Waals surface area contributed by atoms with Gasteiger partial charge in [-0.3, -0.25) is 4.79 Å². The SMILES string of the molecule is Cc1ccc(C(=O)C(F)(F)C(F)(F)F)c2ccccc12. The summed E-state index contributed by atoms with van der Waals surface area (Å²) in [5, 5.41) is 0.553. The molecule has 0 aliphatic carbocycles. The molecule has 0 aliphatic heterocycles. The van der Waals surface area contributed by atoms with Gasteiger partial charge in [-0.15, -0.1) is 0 Å². The Labute approximate surface area is 111 Å². The number of ketones is 1. The minimum Gasteiger partial charge on any atom is -0.287 e. The molecule has 0 heterocycles. The number of carbonyl (C=O) groups is 1. The lowest BCUT2D eigenvalue weighted by Crippen LogP contribution is -2.44. The van der Waals surface area contributed by atoms with Gasteiger partial charge in [0.15, 0.2) is 0 Å². The highest BCUT2D eigenvalue weighted by atomic mass is 19.4. The van der Waals surface area contributed by atoms with Crippen LogP contribution in [-0.2, 0) is 0 Å². The van der Waals surface area contributed by atoms with Crippen molar-refractivity contribution in [2.75, 3.05) is 0 Å². The van der Waals surface area contributed by atoms with Crippen LogP contribution in [0.1, 0.15) is 15.9 Å². The zero-order valence-electron chi connectivity index (χ0n) is 10.3. The fraction of sp³-hybridized carbons (Fsp3) is 0.214. The summed E-state index contributed by atoms with van der Waals surface area (Å²) in [5.41, 5.74) is 0.0565. The zero-order chi connectivity index (χ0) is 15.1. The molecule has 0 aliphatic rings. The van der Waals surface area contributed by atoms with E-state index in [0.29, 0.717) is 10.9 Å². The Kier molecular flexibility index (Phi) is 3.28. The summed E-state index contributed by atoms with van der Waals surface area (Å²) >= 11 is 0. The Morgan fingerprint density at radius 3 is 2.00 bits per heavy atom. The fourth-order valence-corrected chi connectivity index (χ4v) is 1.95. The Morgan fingerprint density at radius 1 is 0.900 bits per heavy atom. The van der Waals surface area contributed by atoms with Crippen LogP contribution in [0.4, 0.5) is 22.0 Å². The maximum absolute atomic E-state index is 13.2. The van der Waals surface area contributed by atoms with Crippen molar-refractivity contribution in [1.82, 2.24) is 0 Å². The molecule has 0 saturated heterocycles. The predicted molar refractivity (Wildman–Crippen MR) is 64.0 cm³/mol. The number of rotatable bonds is 2. The molecule has 20 heavy (non-hydrogen) atoms. The third kappa shape index (κ3) is 2.15. The first-order valence-electron chi connectivity index (χ1n) is 5.64. The average molecular weight is 288 g/mol. The second-order valence-electron chi connectivity index (χ2n) is 4.38. The van der Waals surface area contributed by atoms with E-state index in [9.17, 15) is 26.7 Å². The van der Waals surface area contributed by atoms with Crippen molar-refractivity contribution >= 4 is 16.6 Å². The quantitative estimate of drug-likeness (QED) is 0.586. The van der Waals surface area contributed by atoms with Gasteiger partial charge in [0.2, 0.25) is 5.78 Å². The van der Waals surface area contributed by atoms with Crippen molar-refractivity contribution in [1.29, 1.82) is 0 Å². The summed E-state index contributed by atoms with van der Waals surface area (Å²) in [6.45, 7) is 1.68. The number of halogens is 5. The van der Waals surface area contributed by atoms with Crippen LogP contribution in [-0.4, -0.2) is 17.9 Å². The van der Waals surface area contributed by atoms with E-state index in [-0.39, 0.29) is 5.39 Å². The predicted octanol–water partition coefficient (Wildman–Crippen LogP) is 4.53. The highest BCUT2D eigenvalue weighted by molar-refractivity contribution is 6.12. The van der Waals surface area contributed by atoms with E-state index in [1.165, 1.54) is 18.2 Å². The number of benzene rings is 2. The molecule has 0 spiro atoms. The molecule has 0 atom stereocenters. The van der Waals surface area contributed by atoms with E-state index < -0.39 is 23.4 Å². The van der Waals surface area contributed by atoms with Gasteiger partial charge in [0, 0.05) is 5.56 Å². The third-order valence-electron chi connectivity index (χ3n) is 3.03. The smallest absolute Gasteiger partial charge is 0.287 e. The molecule has 106 valence electrons. The Morgan fingerprint density at radius 2 is 1.45 bits per heavy atom. The van der Waals surface area contributed by atoms with Gasteiger partial charge in [-0.1, -0.05) is 36.4 Å². The Bertz CT molecular complexity index is 673. The minimum atomic E-state index is -5.91. The van der Waals surface area contributed by atoms with Crippen molar-refractivity contribution in [3.63, 3.8) is 0 Å². The van der Waals surface area contributed by atoms with Crippen LogP contribution >= 0.6 is 0 Å². The van der Waals surface area contributed by atoms with Crippen molar-refractivity contribution in [2.45, 2.75) is 19.0 Å². The second-order valence-corrected chi connectivity index (χ2v) is 4.38. The van der Waals surface area contributed by atoms with Crippen LogP contribution in [0.2, 0.25) is 0 Å². The molecule has 0 bridgehead atoms. The normalized spacial score (nSPS) is 12.7. The first kappa shape index (κ1) is 14.4. The zero-order valence-corrected chi connectivity index (χ0v) is 10.3. The van der Waals surface area contributed by atoms with Crippen LogP contribution in [0.3, 0.4) is 0 Å². The molecule has 0 aromatic heterocycles. The van der Waals surface area contributed by atoms with Gasteiger partial charge in [0.1, 0.15) is 0 Å². The van der Waals surface area contributed by atoms with Gasteiger partial charge < -0.3 is 0 Å². The van der Waals surface area contributed by atoms with E-state index >= 15 is 0 Å². The second kappa shape index (κ2) is 4.54. The summed E-state index contributed by atoms with van der Waals surface area (Å²) < 4.78 is 63.2. The fourth-order valence-electron chi connectivity index (χ4n) is 1.95. The average Bonchev–Trinajstić information content (AvgIpc) is 2.37. The maximum atomic E-state index is 13.2. The lowest BCUT2D eigenvalue weighted by Gasteiger charge is -2.19. The molecular formula is C14H9F5O. The molecule has 0 fully saturated rings. The maximum Gasteiger partial charge on any atom is 0.461 e. The number of aryl methyl sites for hydroxylation is 1. The summed E-state index contributed by atoms with van der Waals surface area (Å²) in [5.74, 6) is -7.63. The van der Waals surface area contributed by atoms with Gasteiger partial charge in [0.25, 0.3) is 0 Å². The van der Waals surface area contributed by atoms with E-state index in [0.717, 1.165) is 6.07 Å². The van der Waals surface area contributed by atoms with E-state index in [2.05, 4.69) is 0 Å². The van der Waals surface area contributed by atoms with E-state index in [1.54, 1.807) is 19.1 Å². The molecule has 0 radical (unpaired) electrons. The molecule has 2 aromatic carbocycles. The molecule has 0 N–H and O–H groups in total. The molecule has 2 aromatic rings. The Hall–Kier alpha value is -1.98. The lowest BCUT2D eigenvalue weighted by atomic mass is 9.95. The number of fused-ring (bicyclic) bond motifs is 1. The largest absolute Gasteiger partial charge is 0.461 e. The first-order chi connectivity index (χ1) is 9.16. The van der Waals surface area contributed by atoms with Crippen molar-refractivity contribution < 1.29 is 26.7 Å². The molecule has 0 unspecified atom stereocenters. The first-order valence-corrected chi connectivity index (χ1v) is 5.64. The number of hydrogen-bond donors (Lipinski definition) is 0. The number of hydrogen-bond acceptors (Lipinski definition) is 1. The highest BCUT2D eigenvalue weighted by Crippen LogP contribution is 2.39. The van der Waals surface area contributed by atoms with E-state index in [1.807, 2.05) is 0 Å². The summed E-state index contributed by atoms with van der Waals surface area (Å²) in [6.07, 6.45) is -5.91. The molecule has 2 rings (SSSR count). The van der Waals surface area contributed by atoms with Gasteiger partial charge in [-0.05, 0) is 23.3 Å². The molecular weight excluding hydrogens is 279 g/mol. The van der Waals surface area contributed by atoms with Gasteiger partial charge in [-0.2, -0.15) is 22.0 Å².